The number of benzene rings is 2. The fourth-order valence-corrected chi connectivity index (χ4v) is 3.51. The van der Waals surface area contributed by atoms with E-state index in [0.717, 1.165) is 0 Å². The number of hydrogen-bond acceptors (Lipinski definition) is 0. The highest BCUT2D eigenvalue weighted by molar-refractivity contribution is 5.28. The summed E-state index contributed by atoms with van der Waals surface area (Å²) in [6.45, 7) is 0. The van der Waals surface area contributed by atoms with E-state index in [1.54, 1.807) is 0 Å². The number of rotatable bonds is 2. The topological polar surface area (TPSA) is 0 Å². The van der Waals surface area contributed by atoms with E-state index in [1.807, 2.05) is 0 Å². The van der Waals surface area contributed by atoms with Crippen LogP contribution in [0.15, 0.2) is 60.7 Å². The molecule has 0 aromatic heterocycles. The van der Waals surface area contributed by atoms with Gasteiger partial charge >= 0.3 is 0 Å². The lowest BCUT2D eigenvalue weighted by molar-refractivity contribution is 0.510. The molecule has 0 saturated heterocycles. The van der Waals surface area contributed by atoms with Gasteiger partial charge in [0.15, 0.2) is 0 Å². The van der Waals surface area contributed by atoms with Crippen molar-refractivity contribution in [3.63, 3.8) is 0 Å². The summed E-state index contributed by atoms with van der Waals surface area (Å²) in [5.41, 5.74) is 3.05. The van der Waals surface area contributed by atoms with Gasteiger partial charge in [0.1, 0.15) is 0 Å². The van der Waals surface area contributed by atoms with E-state index >= 15 is 0 Å². The first-order valence-corrected chi connectivity index (χ1v) is 7.55. The third-order valence-corrected chi connectivity index (χ3v) is 4.47. The second kappa shape index (κ2) is 6.06. The van der Waals surface area contributed by atoms with Crippen molar-refractivity contribution < 1.29 is 0 Å². The SMILES string of the molecule is c1ccc(C2CCCCCC2c2ccccc2)cc1. The quantitative estimate of drug-likeness (QED) is 0.616. The lowest BCUT2D eigenvalue weighted by Gasteiger charge is -2.26. The van der Waals surface area contributed by atoms with Gasteiger partial charge in [-0.25, -0.2) is 0 Å². The van der Waals surface area contributed by atoms with Crippen LogP contribution in [0.3, 0.4) is 0 Å². The molecule has 1 saturated carbocycles. The van der Waals surface area contributed by atoms with E-state index in [1.165, 1.54) is 43.2 Å². The van der Waals surface area contributed by atoms with Gasteiger partial charge in [-0.2, -0.15) is 0 Å². The maximum Gasteiger partial charge on any atom is -0.00931 e. The Hall–Kier alpha value is -1.56. The van der Waals surface area contributed by atoms with E-state index in [4.69, 9.17) is 0 Å². The minimum Gasteiger partial charge on any atom is -0.0622 e. The Kier molecular flexibility index (Phi) is 3.98. The fourth-order valence-electron chi connectivity index (χ4n) is 3.51. The van der Waals surface area contributed by atoms with Gasteiger partial charge in [-0.05, 0) is 35.8 Å². The van der Waals surface area contributed by atoms with Crippen LogP contribution in [0.1, 0.15) is 55.1 Å². The van der Waals surface area contributed by atoms with E-state index in [2.05, 4.69) is 60.7 Å². The van der Waals surface area contributed by atoms with Gasteiger partial charge in [-0.15, -0.1) is 0 Å². The lowest BCUT2D eigenvalue weighted by atomic mass is 9.78. The van der Waals surface area contributed by atoms with Gasteiger partial charge in [0.2, 0.25) is 0 Å². The van der Waals surface area contributed by atoms with Crippen LogP contribution in [0.25, 0.3) is 0 Å². The number of hydrogen-bond donors (Lipinski definition) is 0. The predicted molar refractivity (Wildman–Crippen MR) is 81.5 cm³/mol. The van der Waals surface area contributed by atoms with Gasteiger partial charge in [-0.1, -0.05) is 79.9 Å². The summed E-state index contributed by atoms with van der Waals surface area (Å²) in [5, 5.41) is 0. The highest BCUT2D eigenvalue weighted by atomic mass is 14.3. The lowest BCUT2D eigenvalue weighted by Crippen LogP contribution is -2.10. The monoisotopic (exact) mass is 250 g/mol. The van der Waals surface area contributed by atoms with Crippen LogP contribution in [0, 0.1) is 0 Å². The molecule has 0 nitrogen and oxygen atoms in total. The molecule has 1 aliphatic rings. The molecule has 3 rings (SSSR count). The standard InChI is InChI=1S/C19H22/c1-4-10-16(11-5-1)18-14-8-3-9-15-19(18)17-12-6-2-7-13-17/h1-2,4-7,10-13,18-19H,3,8-9,14-15H2. The third kappa shape index (κ3) is 2.89. The van der Waals surface area contributed by atoms with Crippen molar-refractivity contribution in [1.29, 1.82) is 0 Å². The second-order valence-corrected chi connectivity index (χ2v) is 5.67. The first-order chi connectivity index (χ1) is 9.45. The molecule has 0 aliphatic heterocycles. The van der Waals surface area contributed by atoms with Gasteiger partial charge < -0.3 is 0 Å². The highest BCUT2D eigenvalue weighted by Gasteiger charge is 2.26. The molecule has 98 valence electrons. The van der Waals surface area contributed by atoms with Gasteiger partial charge in [0.25, 0.3) is 0 Å². The van der Waals surface area contributed by atoms with Crippen LogP contribution >= 0.6 is 0 Å². The largest absolute Gasteiger partial charge is 0.0622 e. The molecule has 2 unspecified atom stereocenters. The van der Waals surface area contributed by atoms with Crippen molar-refractivity contribution >= 4 is 0 Å². The summed E-state index contributed by atoms with van der Waals surface area (Å²) in [6, 6.07) is 22.2. The normalized spacial score (nSPS) is 23.8. The Morgan fingerprint density at radius 3 is 1.37 bits per heavy atom. The van der Waals surface area contributed by atoms with E-state index < -0.39 is 0 Å². The molecule has 1 aliphatic carbocycles. The van der Waals surface area contributed by atoms with Crippen molar-refractivity contribution in [2.45, 2.75) is 43.9 Å². The minimum absolute atomic E-state index is 0.700. The summed E-state index contributed by atoms with van der Waals surface area (Å²) in [7, 11) is 0. The summed E-state index contributed by atoms with van der Waals surface area (Å²) < 4.78 is 0. The maximum absolute atomic E-state index is 2.31. The summed E-state index contributed by atoms with van der Waals surface area (Å²) in [6.07, 6.45) is 6.83. The highest BCUT2D eigenvalue weighted by Crippen LogP contribution is 2.42. The zero-order valence-electron chi connectivity index (χ0n) is 11.5. The zero-order valence-corrected chi connectivity index (χ0v) is 11.5. The Bertz CT molecular complexity index is 438. The fraction of sp³-hybridized carbons (Fsp3) is 0.368. The summed E-state index contributed by atoms with van der Waals surface area (Å²) >= 11 is 0. The molecule has 19 heavy (non-hydrogen) atoms. The van der Waals surface area contributed by atoms with Crippen LogP contribution in [0.5, 0.6) is 0 Å². The van der Waals surface area contributed by atoms with Crippen LogP contribution in [-0.4, -0.2) is 0 Å². The Labute approximate surface area is 116 Å². The molecular weight excluding hydrogens is 228 g/mol. The molecule has 0 bridgehead atoms. The van der Waals surface area contributed by atoms with E-state index in [0.29, 0.717) is 11.8 Å². The summed E-state index contributed by atoms with van der Waals surface area (Å²) in [5.74, 6) is 1.40. The van der Waals surface area contributed by atoms with Gasteiger partial charge in [0.05, 0.1) is 0 Å². The van der Waals surface area contributed by atoms with Crippen molar-refractivity contribution in [3.05, 3.63) is 71.8 Å². The molecule has 2 aromatic carbocycles. The van der Waals surface area contributed by atoms with Gasteiger partial charge in [0, 0.05) is 0 Å². The molecule has 0 spiro atoms. The second-order valence-electron chi connectivity index (χ2n) is 5.67. The molecule has 0 heterocycles. The Morgan fingerprint density at radius 2 is 0.947 bits per heavy atom. The van der Waals surface area contributed by atoms with E-state index in [9.17, 15) is 0 Å². The van der Waals surface area contributed by atoms with E-state index in [-0.39, 0.29) is 0 Å². The van der Waals surface area contributed by atoms with Crippen LogP contribution < -0.4 is 0 Å². The van der Waals surface area contributed by atoms with Crippen LogP contribution in [0.4, 0.5) is 0 Å². The molecule has 2 aromatic rings. The molecular formula is C19H22. The molecule has 0 radical (unpaired) electrons. The Morgan fingerprint density at radius 1 is 0.526 bits per heavy atom. The van der Waals surface area contributed by atoms with Crippen LogP contribution in [0.2, 0.25) is 0 Å². The zero-order chi connectivity index (χ0) is 12.9. The minimum atomic E-state index is 0.700. The molecule has 0 heteroatoms. The van der Waals surface area contributed by atoms with Crippen molar-refractivity contribution in [3.8, 4) is 0 Å². The Balaban J connectivity index is 1.94. The molecule has 0 N–H and O–H groups in total. The third-order valence-electron chi connectivity index (χ3n) is 4.47. The predicted octanol–water partition coefficient (Wildman–Crippen LogP) is 5.52. The molecule has 1 fully saturated rings. The smallest absolute Gasteiger partial charge is 0.00931 e. The first-order valence-electron chi connectivity index (χ1n) is 7.55. The molecule has 2 atom stereocenters. The maximum atomic E-state index is 2.31. The summed E-state index contributed by atoms with van der Waals surface area (Å²) in [4.78, 5) is 0. The first kappa shape index (κ1) is 12.5. The average molecular weight is 250 g/mol. The van der Waals surface area contributed by atoms with Crippen molar-refractivity contribution in [2.75, 3.05) is 0 Å². The van der Waals surface area contributed by atoms with Crippen LogP contribution in [-0.2, 0) is 0 Å². The van der Waals surface area contributed by atoms with Crippen molar-refractivity contribution in [1.82, 2.24) is 0 Å². The molecule has 0 amide bonds. The van der Waals surface area contributed by atoms with Crippen molar-refractivity contribution in [2.24, 2.45) is 0 Å². The van der Waals surface area contributed by atoms with Gasteiger partial charge in [-0.3, -0.25) is 0 Å². The average Bonchev–Trinajstić information content (AvgIpc) is 2.75.